The zero-order valence-electron chi connectivity index (χ0n) is 12.8. The van der Waals surface area contributed by atoms with E-state index < -0.39 is 0 Å². The minimum Gasteiger partial charge on any atom is -0.329 e. The lowest BCUT2D eigenvalue weighted by molar-refractivity contribution is 0.00873. The Morgan fingerprint density at radius 3 is 2.21 bits per heavy atom. The average molecular weight is 265 g/mol. The molecule has 2 heterocycles. The third kappa shape index (κ3) is 2.45. The van der Waals surface area contributed by atoms with Gasteiger partial charge in [-0.3, -0.25) is 4.90 Å². The van der Waals surface area contributed by atoms with E-state index in [1.54, 1.807) is 0 Å². The molecule has 3 heteroatoms. The Hall–Kier alpha value is -0.120. The lowest BCUT2D eigenvalue weighted by Gasteiger charge is -2.50. The topological polar surface area (TPSA) is 32.5 Å². The Balaban J connectivity index is 1.68. The second-order valence-corrected chi connectivity index (χ2v) is 7.42. The molecule has 0 aromatic heterocycles. The highest BCUT2D eigenvalue weighted by Crippen LogP contribution is 2.42. The van der Waals surface area contributed by atoms with Crippen molar-refractivity contribution in [2.24, 2.45) is 11.7 Å². The molecule has 2 atom stereocenters. The Morgan fingerprint density at radius 1 is 1.11 bits per heavy atom. The SMILES string of the molecule is CN1C2CCC1CC(CN)(N(C)CC1CCCC1)C2. The highest BCUT2D eigenvalue weighted by Gasteiger charge is 2.48. The molecule has 3 aliphatic rings. The summed E-state index contributed by atoms with van der Waals surface area (Å²) in [5.41, 5.74) is 6.54. The second kappa shape index (κ2) is 5.34. The Morgan fingerprint density at radius 2 is 1.68 bits per heavy atom. The van der Waals surface area contributed by atoms with Crippen LogP contribution in [0.1, 0.15) is 51.4 Å². The molecule has 1 saturated carbocycles. The summed E-state index contributed by atoms with van der Waals surface area (Å²) in [5.74, 6) is 0.936. The minimum atomic E-state index is 0.293. The summed E-state index contributed by atoms with van der Waals surface area (Å²) in [4.78, 5) is 5.28. The van der Waals surface area contributed by atoms with Gasteiger partial charge in [0.15, 0.2) is 0 Å². The molecule has 3 fully saturated rings. The maximum Gasteiger partial charge on any atom is 0.0358 e. The van der Waals surface area contributed by atoms with Crippen LogP contribution >= 0.6 is 0 Å². The summed E-state index contributed by atoms with van der Waals surface area (Å²) >= 11 is 0. The summed E-state index contributed by atoms with van der Waals surface area (Å²) in [6, 6.07) is 1.57. The zero-order valence-corrected chi connectivity index (χ0v) is 12.8. The normalized spacial score (nSPS) is 40.4. The highest BCUT2D eigenvalue weighted by atomic mass is 15.3. The van der Waals surface area contributed by atoms with Crippen LogP contribution in [0, 0.1) is 5.92 Å². The van der Waals surface area contributed by atoms with Gasteiger partial charge in [0, 0.05) is 30.7 Å². The fourth-order valence-electron chi connectivity index (χ4n) is 4.95. The molecule has 0 aromatic carbocycles. The number of likely N-dealkylation sites (N-methyl/N-ethyl adjacent to an activating group) is 1. The molecule has 2 bridgehead atoms. The number of fused-ring (bicyclic) bond motifs is 2. The van der Waals surface area contributed by atoms with E-state index >= 15 is 0 Å². The van der Waals surface area contributed by atoms with Crippen molar-refractivity contribution >= 4 is 0 Å². The average Bonchev–Trinajstić information content (AvgIpc) is 2.96. The van der Waals surface area contributed by atoms with Crippen LogP contribution in [0.2, 0.25) is 0 Å². The van der Waals surface area contributed by atoms with Crippen LogP contribution in [0.4, 0.5) is 0 Å². The number of nitrogens with zero attached hydrogens (tertiary/aromatic N) is 2. The summed E-state index contributed by atoms with van der Waals surface area (Å²) in [5, 5.41) is 0. The summed E-state index contributed by atoms with van der Waals surface area (Å²) in [7, 11) is 4.66. The molecule has 0 radical (unpaired) electrons. The van der Waals surface area contributed by atoms with E-state index in [9.17, 15) is 0 Å². The third-order valence-corrected chi connectivity index (χ3v) is 6.41. The van der Waals surface area contributed by atoms with E-state index in [0.29, 0.717) is 5.54 Å². The molecule has 2 unspecified atom stereocenters. The lowest BCUT2D eigenvalue weighted by Crippen LogP contribution is -2.61. The van der Waals surface area contributed by atoms with Crippen LogP contribution in [0.3, 0.4) is 0 Å². The van der Waals surface area contributed by atoms with Crippen molar-refractivity contribution in [1.82, 2.24) is 9.80 Å². The van der Waals surface area contributed by atoms with Gasteiger partial charge in [-0.25, -0.2) is 0 Å². The lowest BCUT2D eigenvalue weighted by atomic mass is 9.81. The maximum absolute atomic E-state index is 6.25. The molecule has 2 N–H and O–H groups in total. The monoisotopic (exact) mass is 265 g/mol. The van der Waals surface area contributed by atoms with Gasteiger partial charge in [0.05, 0.1) is 0 Å². The van der Waals surface area contributed by atoms with E-state index in [2.05, 4.69) is 23.9 Å². The highest BCUT2D eigenvalue weighted by molar-refractivity contribution is 5.06. The first-order valence-corrected chi connectivity index (χ1v) is 8.28. The quantitative estimate of drug-likeness (QED) is 0.844. The standard InChI is InChI=1S/C16H31N3/c1-18(11-13-5-3-4-6-13)16(12-17)9-14-7-8-15(10-16)19(14)2/h13-15H,3-12,17H2,1-2H3. The zero-order chi connectivity index (χ0) is 13.5. The number of rotatable bonds is 4. The maximum atomic E-state index is 6.25. The molecular weight excluding hydrogens is 234 g/mol. The van der Waals surface area contributed by atoms with Crippen molar-refractivity contribution in [3.05, 3.63) is 0 Å². The van der Waals surface area contributed by atoms with Crippen molar-refractivity contribution in [2.75, 3.05) is 27.2 Å². The summed E-state index contributed by atoms with van der Waals surface area (Å²) in [6.45, 7) is 2.12. The van der Waals surface area contributed by atoms with Gasteiger partial charge in [0.1, 0.15) is 0 Å². The van der Waals surface area contributed by atoms with E-state index in [0.717, 1.165) is 24.5 Å². The first-order valence-electron chi connectivity index (χ1n) is 8.28. The smallest absolute Gasteiger partial charge is 0.0358 e. The number of hydrogen-bond acceptors (Lipinski definition) is 3. The van der Waals surface area contributed by atoms with Crippen LogP contribution in [0.15, 0.2) is 0 Å². The molecule has 0 spiro atoms. The van der Waals surface area contributed by atoms with Gasteiger partial charge < -0.3 is 10.6 Å². The van der Waals surface area contributed by atoms with E-state index in [1.165, 1.54) is 57.9 Å². The van der Waals surface area contributed by atoms with E-state index in [-0.39, 0.29) is 0 Å². The van der Waals surface area contributed by atoms with Crippen molar-refractivity contribution in [1.29, 1.82) is 0 Å². The first-order chi connectivity index (χ1) is 9.14. The largest absolute Gasteiger partial charge is 0.329 e. The van der Waals surface area contributed by atoms with Gasteiger partial charge in [-0.1, -0.05) is 12.8 Å². The van der Waals surface area contributed by atoms with Gasteiger partial charge in [0.2, 0.25) is 0 Å². The molecule has 19 heavy (non-hydrogen) atoms. The molecule has 2 saturated heterocycles. The Kier molecular flexibility index (Phi) is 3.89. The molecule has 2 aliphatic heterocycles. The van der Waals surface area contributed by atoms with Crippen LogP contribution in [-0.2, 0) is 0 Å². The van der Waals surface area contributed by atoms with Gasteiger partial charge in [-0.2, -0.15) is 0 Å². The molecule has 1 aliphatic carbocycles. The number of piperidine rings is 1. The van der Waals surface area contributed by atoms with Crippen molar-refractivity contribution < 1.29 is 0 Å². The fraction of sp³-hybridized carbons (Fsp3) is 1.00. The van der Waals surface area contributed by atoms with Gasteiger partial charge in [-0.15, -0.1) is 0 Å². The summed E-state index contributed by atoms with van der Waals surface area (Å²) in [6.07, 6.45) is 11.1. The minimum absolute atomic E-state index is 0.293. The van der Waals surface area contributed by atoms with Crippen molar-refractivity contribution in [2.45, 2.75) is 69.0 Å². The van der Waals surface area contributed by atoms with Crippen LogP contribution in [0.5, 0.6) is 0 Å². The van der Waals surface area contributed by atoms with Crippen LogP contribution in [0.25, 0.3) is 0 Å². The number of hydrogen-bond donors (Lipinski definition) is 1. The number of nitrogens with two attached hydrogens (primary N) is 1. The summed E-state index contributed by atoms with van der Waals surface area (Å²) < 4.78 is 0. The Labute approximate surface area is 118 Å². The molecule has 0 amide bonds. The Bertz CT molecular complexity index is 297. The van der Waals surface area contributed by atoms with Gasteiger partial charge >= 0.3 is 0 Å². The molecule has 3 rings (SSSR count). The molecule has 110 valence electrons. The van der Waals surface area contributed by atoms with E-state index in [1.807, 2.05) is 0 Å². The molecular formula is C16H31N3. The second-order valence-electron chi connectivity index (χ2n) is 7.42. The predicted molar refractivity (Wildman–Crippen MR) is 80.2 cm³/mol. The third-order valence-electron chi connectivity index (χ3n) is 6.41. The van der Waals surface area contributed by atoms with Crippen LogP contribution < -0.4 is 5.73 Å². The molecule has 0 aromatic rings. The van der Waals surface area contributed by atoms with Gasteiger partial charge in [0.25, 0.3) is 0 Å². The van der Waals surface area contributed by atoms with E-state index in [4.69, 9.17) is 5.73 Å². The fourth-order valence-corrected chi connectivity index (χ4v) is 4.95. The van der Waals surface area contributed by atoms with Crippen molar-refractivity contribution in [3.8, 4) is 0 Å². The van der Waals surface area contributed by atoms with Gasteiger partial charge in [-0.05, 0) is 58.5 Å². The van der Waals surface area contributed by atoms with Crippen molar-refractivity contribution in [3.63, 3.8) is 0 Å². The predicted octanol–water partition coefficient (Wildman–Crippen LogP) is 2.06. The molecule has 3 nitrogen and oxygen atoms in total. The first kappa shape index (κ1) is 13.8. The van der Waals surface area contributed by atoms with Crippen LogP contribution in [-0.4, -0.2) is 54.6 Å².